The lowest BCUT2D eigenvalue weighted by Gasteiger charge is -2.32. The Morgan fingerprint density at radius 2 is 2.19 bits per heavy atom. The average molecular weight is 291 g/mol. The largest absolute Gasteiger partial charge is 0.380 e. The smallest absolute Gasteiger partial charge is 0.321 e. The minimum absolute atomic E-state index is 0.0857. The van der Waals surface area contributed by atoms with Gasteiger partial charge < -0.3 is 20.7 Å². The van der Waals surface area contributed by atoms with Gasteiger partial charge in [0.2, 0.25) is 5.91 Å². The van der Waals surface area contributed by atoms with Crippen LogP contribution in [-0.4, -0.2) is 43.1 Å². The first-order chi connectivity index (χ1) is 10.0. The molecule has 21 heavy (non-hydrogen) atoms. The lowest BCUT2D eigenvalue weighted by molar-refractivity contribution is 0.0458. The molecule has 2 rings (SSSR count). The molecule has 0 aromatic heterocycles. The summed E-state index contributed by atoms with van der Waals surface area (Å²) < 4.78 is 5.31. The number of benzene rings is 1. The second-order valence-electron chi connectivity index (χ2n) is 5.27. The Bertz CT molecular complexity index is 545. The van der Waals surface area contributed by atoms with Crippen LogP contribution in [-0.2, 0) is 4.74 Å². The van der Waals surface area contributed by atoms with Gasteiger partial charge in [-0.25, -0.2) is 4.79 Å². The summed E-state index contributed by atoms with van der Waals surface area (Å²) in [6.45, 7) is 3.16. The number of nitrogens with one attached hydrogen (secondary N) is 1. The van der Waals surface area contributed by atoms with Crippen molar-refractivity contribution < 1.29 is 14.3 Å². The number of anilines is 1. The van der Waals surface area contributed by atoms with Crippen molar-refractivity contribution >= 4 is 17.6 Å². The highest BCUT2D eigenvalue weighted by atomic mass is 16.5. The zero-order chi connectivity index (χ0) is 15.4. The lowest BCUT2D eigenvalue weighted by atomic mass is 10.1. The highest BCUT2D eigenvalue weighted by molar-refractivity contribution is 5.96. The molecule has 0 bridgehead atoms. The van der Waals surface area contributed by atoms with Crippen LogP contribution in [0.5, 0.6) is 0 Å². The fraction of sp³-hybridized carbons (Fsp3) is 0.467. The zero-order valence-corrected chi connectivity index (χ0v) is 12.4. The Hall–Kier alpha value is -2.08. The van der Waals surface area contributed by atoms with Gasteiger partial charge in [0, 0.05) is 31.5 Å². The SMILES string of the molecule is COC1CCCN(C(=O)Nc2cc(C(N)=O)ccc2C)C1. The van der Waals surface area contributed by atoms with Crippen molar-refractivity contribution in [2.24, 2.45) is 5.73 Å². The molecule has 3 N–H and O–H groups in total. The van der Waals surface area contributed by atoms with Crippen LogP contribution in [0.2, 0.25) is 0 Å². The van der Waals surface area contributed by atoms with Crippen LogP contribution < -0.4 is 11.1 Å². The van der Waals surface area contributed by atoms with Crippen molar-refractivity contribution in [3.05, 3.63) is 29.3 Å². The number of ether oxygens (including phenoxy) is 1. The molecule has 1 heterocycles. The minimum atomic E-state index is -0.511. The Balaban J connectivity index is 2.08. The molecular formula is C15H21N3O3. The fourth-order valence-electron chi connectivity index (χ4n) is 2.42. The number of hydrogen-bond acceptors (Lipinski definition) is 3. The van der Waals surface area contributed by atoms with E-state index in [1.54, 1.807) is 30.2 Å². The number of aryl methyl sites for hydroxylation is 1. The molecule has 6 nitrogen and oxygen atoms in total. The summed E-state index contributed by atoms with van der Waals surface area (Å²) in [5.74, 6) is -0.511. The summed E-state index contributed by atoms with van der Waals surface area (Å²) in [7, 11) is 1.66. The van der Waals surface area contributed by atoms with Crippen LogP contribution in [0, 0.1) is 6.92 Å². The molecule has 0 saturated carbocycles. The molecule has 1 aromatic rings. The fourth-order valence-corrected chi connectivity index (χ4v) is 2.42. The first kappa shape index (κ1) is 15.3. The second kappa shape index (κ2) is 6.58. The number of carbonyl (C=O) groups excluding carboxylic acids is 2. The quantitative estimate of drug-likeness (QED) is 0.889. The van der Waals surface area contributed by atoms with Gasteiger partial charge in [-0.15, -0.1) is 0 Å². The van der Waals surface area contributed by atoms with E-state index in [1.807, 2.05) is 6.92 Å². The van der Waals surface area contributed by atoms with Crippen LogP contribution in [0.3, 0.4) is 0 Å². The van der Waals surface area contributed by atoms with Gasteiger partial charge in [-0.05, 0) is 37.5 Å². The number of piperidine rings is 1. The van der Waals surface area contributed by atoms with E-state index >= 15 is 0 Å². The van der Waals surface area contributed by atoms with Gasteiger partial charge in [0.25, 0.3) is 0 Å². The van der Waals surface area contributed by atoms with Crippen molar-refractivity contribution in [3.63, 3.8) is 0 Å². The van der Waals surface area contributed by atoms with Crippen molar-refractivity contribution in [2.75, 3.05) is 25.5 Å². The predicted octanol–water partition coefficient (Wildman–Crippen LogP) is 1.74. The monoisotopic (exact) mass is 291 g/mol. The molecule has 1 saturated heterocycles. The summed E-state index contributed by atoms with van der Waals surface area (Å²) in [6.07, 6.45) is 1.98. The number of carbonyl (C=O) groups is 2. The third-order valence-electron chi connectivity index (χ3n) is 3.76. The van der Waals surface area contributed by atoms with E-state index < -0.39 is 5.91 Å². The van der Waals surface area contributed by atoms with Crippen molar-refractivity contribution in [1.29, 1.82) is 0 Å². The maximum absolute atomic E-state index is 12.3. The topological polar surface area (TPSA) is 84.7 Å². The Kier molecular flexibility index (Phi) is 4.80. The van der Waals surface area contributed by atoms with E-state index in [0.29, 0.717) is 24.3 Å². The molecular weight excluding hydrogens is 270 g/mol. The normalized spacial score (nSPS) is 18.4. The summed E-state index contributed by atoms with van der Waals surface area (Å²) in [5.41, 5.74) is 7.13. The first-order valence-corrected chi connectivity index (χ1v) is 7.00. The predicted molar refractivity (Wildman–Crippen MR) is 80.3 cm³/mol. The Labute approximate surface area is 124 Å². The third kappa shape index (κ3) is 3.72. The van der Waals surface area contributed by atoms with Gasteiger partial charge in [-0.3, -0.25) is 4.79 Å². The van der Waals surface area contributed by atoms with Crippen molar-refractivity contribution in [2.45, 2.75) is 25.9 Å². The summed E-state index contributed by atoms with van der Waals surface area (Å²) in [5, 5.41) is 2.84. The van der Waals surface area contributed by atoms with E-state index in [9.17, 15) is 9.59 Å². The van der Waals surface area contributed by atoms with E-state index in [1.165, 1.54) is 0 Å². The molecule has 1 aromatic carbocycles. The summed E-state index contributed by atoms with van der Waals surface area (Å²) in [4.78, 5) is 25.3. The molecule has 1 aliphatic heterocycles. The molecule has 0 radical (unpaired) electrons. The van der Waals surface area contributed by atoms with Crippen LogP contribution in [0.15, 0.2) is 18.2 Å². The van der Waals surface area contributed by atoms with Crippen molar-refractivity contribution in [1.82, 2.24) is 4.90 Å². The van der Waals surface area contributed by atoms with Gasteiger partial charge in [0.1, 0.15) is 0 Å². The number of likely N-dealkylation sites (tertiary alicyclic amines) is 1. The van der Waals surface area contributed by atoms with E-state index in [-0.39, 0.29) is 12.1 Å². The van der Waals surface area contributed by atoms with Crippen LogP contribution in [0.25, 0.3) is 0 Å². The van der Waals surface area contributed by atoms with Gasteiger partial charge in [-0.2, -0.15) is 0 Å². The van der Waals surface area contributed by atoms with E-state index in [0.717, 1.165) is 18.4 Å². The van der Waals surface area contributed by atoms with Gasteiger partial charge >= 0.3 is 6.03 Å². The maximum Gasteiger partial charge on any atom is 0.321 e. The molecule has 6 heteroatoms. The highest BCUT2D eigenvalue weighted by Crippen LogP contribution is 2.19. The maximum atomic E-state index is 12.3. The highest BCUT2D eigenvalue weighted by Gasteiger charge is 2.23. The number of rotatable bonds is 3. The molecule has 3 amide bonds. The average Bonchev–Trinajstić information content (AvgIpc) is 2.49. The van der Waals surface area contributed by atoms with Crippen LogP contribution in [0.1, 0.15) is 28.8 Å². The van der Waals surface area contributed by atoms with E-state index in [4.69, 9.17) is 10.5 Å². The molecule has 1 unspecified atom stereocenters. The lowest BCUT2D eigenvalue weighted by Crippen LogP contribution is -2.45. The molecule has 0 spiro atoms. The minimum Gasteiger partial charge on any atom is -0.380 e. The van der Waals surface area contributed by atoms with Gasteiger partial charge in [-0.1, -0.05) is 6.07 Å². The van der Waals surface area contributed by atoms with Crippen LogP contribution in [0.4, 0.5) is 10.5 Å². The standard InChI is InChI=1S/C15H21N3O3/c1-10-5-6-11(14(16)19)8-13(10)17-15(20)18-7-3-4-12(9-18)21-2/h5-6,8,12H,3-4,7,9H2,1-2H3,(H2,16,19)(H,17,20). The molecule has 1 fully saturated rings. The van der Waals surface area contributed by atoms with Crippen LogP contribution >= 0.6 is 0 Å². The number of nitrogens with zero attached hydrogens (tertiary/aromatic N) is 1. The van der Waals surface area contributed by atoms with Gasteiger partial charge in [0.15, 0.2) is 0 Å². The van der Waals surface area contributed by atoms with Gasteiger partial charge in [0.05, 0.1) is 6.10 Å². The third-order valence-corrected chi connectivity index (χ3v) is 3.76. The number of methoxy groups -OCH3 is 1. The molecule has 1 aliphatic rings. The molecule has 1 atom stereocenters. The van der Waals surface area contributed by atoms with E-state index in [2.05, 4.69) is 5.32 Å². The zero-order valence-electron chi connectivity index (χ0n) is 12.4. The number of primary amides is 1. The summed E-state index contributed by atoms with van der Waals surface area (Å²) >= 11 is 0. The number of hydrogen-bond donors (Lipinski definition) is 2. The summed E-state index contributed by atoms with van der Waals surface area (Å²) in [6, 6.07) is 4.84. The Morgan fingerprint density at radius 1 is 1.43 bits per heavy atom. The molecule has 114 valence electrons. The molecule has 0 aliphatic carbocycles. The Morgan fingerprint density at radius 3 is 2.86 bits per heavy atom. The number of urea groups is 1. The second-order valence-corrected chi connectivity index (χ2v) is 5.27. The number of amides is 3. The van der Waals surface area contributed by atoms with Crippen molar-refractivity contribution in [3.8, 4) is 0 Å². The first-order valence-electron chi connectivity index (χ1n) is 7.00. The number of nitrogens with two attached hydrogens (primary N) is 1.